The molecule has 1 aromatic carbocycles. The predicted octanol–water partition coefficient (Wildman–Crippen LogP) is 2.38. The minimum absolute atomic E-state index is 0.0283. The minimum atomic E-state index is -0.471. The van der Waals surface area contributed by atoms with Crippen molar-refractivity contribution in [2.75, 3.05) is 11.9 Å². The molecule has 0 aliphatic carbocycles. The van der Waals surface area contributed by atoms with Gasteiger partial charge in [0.1, 0.15) is 5.84 Å². The van der Waals surface area contributed by atoms with Gasteiger partial charge in [-0.2, -0.15) is 0 Å². The van der Waals surface area contributed by atoms with E-state index in [1.165, 1.54) is 0 Å². The number of rotatable bonds is 11. The molecule has 1 aromatic rings. The average Bonchev–Trinajstić information content (AvgIpc) is 2.67. The molecule has 8 nitrogen and oxygen atoms in total. The average molecular weight is 400 g/mol. The maximum atomic E-state index is 12.2. The van der Waals surface area contributed by atoms with Crippen LogP contribution in [0.25, 0.3) is 0 Å². The molecule has 0 aliphatic heterocycles. The molecule has 0 atom stereocenters. The summed E-state index contributed by atoms with van der Waals surface area (Å²) >= 11 is 0. The highest BCUT2D eigenvalue weighted by molar-refractivity contribution is 5.97. The molecular formula is C21H28N4O4. The molecule has 1 rings (SSSR count). The van der Waals surface area contributed by atoms with Crippen LogP contribution in [0.4, 0.5) is 5.69 Å². The van der Waals surface area contributed by atoms with Gasteiger partial charge in [-0.3, -0.25) is 19.8 Å². The fraction of sp³-hybridized carbons (Fsp3) is 0.381. The Morgan fingerprint density at radius 2 is 1.90 bits per heavy atom. The Hall–Kier alpha value is -3.38. The van der Waals surface area contributed by atoms with E-state index in [0.717, 1.165) is 5.56 Å². The lowest BCUT2D eigenvalue weighted by atomic mass is 10.1. The Morgan fingerprint density at radius 3 is 2.48 bits per heavy atom. The molecule has 0 radical (unpaired) electrons. The Kier molecular flexibility index (Phi) is 9.91. The van der Waals surface area contributed by atoms with Crippen molar-refractivity contribution in [1.82, 2.24) is 5.32 Å². The number of carbonyl (C=O) groups excluding carboxylic acids is 3. The molecule has 0 saturated carbocycles. The van der Waals surface area contributed by atoms with Gasteiger partial charge in [0.2, 0.25) is 11.8 Å². The summed E-state index contributed by atoms with van der Waals surface area (Å²) in [5, 5.41) is 12.9. The van der Waals surface area contributed by atoms with E-state index in [-0.39, 0.29) is 49.2 Å². The lowest BCUT2D eigenvalue weighted by Gasteiger charge is -2.12. The van der Waals surface area contributed by atoms with E-state index in [4.69, 9.17) is 15.9 Å². The number of nitrogens with one attached hydrogen (secondary N) is 3. The van der Waals surface area contributed by atoms with Crippen molar-refractivity contribution in [3.8, 4) is 0 Å². The molecular weight excluding hydrogens is 372 g/mol. The standard InChI is InChI=1S/C21H28N4O4/c1-4-14-12-15(21(22)23)10-11-17(14)25-19(27)9-7-8-18(26)24-16(5-2)13-20(28)29-6-3/h10-12H,2,4,6-9,13H2,1,3H3,(H3,22,23)(H,24,26)(H,25,27). The van der Waals surface area contributed by atoms with E-state index in [9.17, 15) is 14.4 Å². The molecule has 0 spiro atoms. The third kappa shape index (κ3) is 8.45. The van der Waals surface area contributed by atoms with Gasteiger partial charge in [-0.1, -0.05) is 13.5 Å². The number of hydrogen-bond acceptors (Lipinski definition) is 5. The number of benzene rings is 1. The second kappa shape index (κ2) is 12.2. The summed E-state index contributed by atoms with van der Waals surface area (Å²) in [6.07, 6.45) is 1.19. The number of ether oxygens (including phenoxy) is 1. The van der Waals surface area contributed by atoms with E-state index in [1.807, 2.05) is 6.92 Å². The number of anilines is 1. The summed E-state index contributed by atoms with van der Waals surface area (Å²) in [7, 11) is 0. The van der Waals surface area contributed by atoms with Crippen LogP contribution in [0.1, 0.15) is 50.7 Å². The third-order valence-corrected chi connectivity index (χ3v) is 4.01. The third-order valence-electron chi connectivity index (χ3n) is 4.01. The molecule has 156 valence electrons. The van der Waals surface area contributed by atoms with Crippen LogP contribution in [-0.2, 0) is 25.5 Å². The van der Waals surface area contributed by atoms with Gasteiger partial charge in [0.15, 0.2) is 0 Å². The summed E-state index contributed by atoms with van der Waals surface area (Å²) in [5.41, 5.74) is 10.4. The molecule has 5 N–H and O–H groups in total. The quantitative estimate of drug-likeness (QED) is 0.196. The zero-order valence-corrected chi connectivity index (χ0v) is 16.9. The number of amides is 2. The molecule has 0 aromatic heterocycles. The zero-order valence-electron chi connectivity index (χ0n) is 16.9. The number of hydrogen-bond donors (Lipinski definition) is 4. The first-order valence-corrected chi connectivity index (χ1v) is 9.42. The maximum absolute atomic E-state index is 12.2. The summed E-state index contributed by atoms with van der Waals surface area (Å²) in [6.45, 7) is 7.34. The lowest BCUT2D eigenvalue weighted by Crippen LogP contribution is -2.24. The van der Waals surface area contributed by atoms with Crippen molar-refractivity contribution in [3.05, 3.63) is 47.3 Å². The molecule has 0 bridgehead atoms. The van der Waals surface area contributed by atoms with Crippen molar-refractivity contribution in [1.29, 1.82) is 5.41 Å². The number of nitrogen functional groups attached to an aromatic ring is 1. The van der Waals surface area contributed by atoms with E-state index in [0.29, 0.717) is 24.1 Å². The van der Waals surface area contributed by atoms with Gasteiger partial charge in [-0.05, 0) is 43.5 Å². The largest absolute Gasteiger partial charge is 0.466 e. The van der Waals surface area contributed by atoms with Gasteiger partial charge < -0.3 is 21.1 Å². The van der Waals surface area contributed by atoms with Gasteiger partial charge >= 0.3 is 5.97 Å². The van der Waals surface area contributed by atoms with Crippen molar-refractivity contribution in [2.45, 2.75) is 46.0 Å². The van der Waals surface area contributed by atoms with Crippen LogP contribution in [0.5, 0.6) is 0 Å². The number of carbonyl (C=O) groups is 3. The summed E-state index contributed by atoms with van der Waals surface area (Å²) < 4.78 is 4.81. The van der Waals surface area contributed by atoms with Crippen LogP contribution < -0.4 is 16.4 Å². The van der Waals surface area contributed by atoms with Crippen molar-refractivity contribution < 1.29 is 19.1 Å². The highest BCUT2D eigenvalue weighted by Gasteiger charge is 2.12. The molecule has 2 amide bonds. The topological polar surface area (TPSA) is 134 Å². The number of amidine groups is 1. The summed E-state index contributed by atoms with van der Waals surface area (Å²) in [5.74, 6) is -1.04. The Labute approximate surface area is 170 Å². The zero-order chi connectivity index (χ0) is 21.8. The normalized spacial score (nSPS) is 9.86. The van der Waals surface area contributed by atoms with E-state index < -0.39 is 5.97 Å². The predicted molar refractivity (Wildman–Crippen MR) is 111 cm³/mol. The van der Waals surface area contributed by atoms with Crippen LogP contribution >= 0.6 is 0 Å². The van der Waals surface area contributed by atoms with Crippen molar-refractivity contribution >= 4 is 29.3 Å². The van der Waals surface area contributed by atoms with Gasteiger partial charge in [0.05, 0.1) is 18.7 Å². The van der Waals surface area contributed by atoms with Gasteiger partial charge in [0, 0.05) is 24.1 Å². The first-order chi connectivity index (χ1) is 13.8. The van der Waals surface area contributed by atoms with Gasteiger partial charge in [0.25, 0.3) is 0 Å². The van der Waals surface area contributed by atoms with Gasteiger partial charge in [-0.15, -0.1) is 5.73 Å². The highest BCUT2D eigenvalue weighted by Crippen LogP contribution is 2.19. The smallest absolute Gasteiger partial charge is 0.312 e. The number of nitrogens with two attached hydrogens (primary N) is 1. The molecule has 29 heavy (non-hydrogen) atoms. The fourth-order valence-corrected chi connectivity index (χ4v) is 2.54. The maximum Gasteiger partial charge on any atom is 0.312 e. The number of aryl methyl sites for hydroxylation is 1. The van der Waals surface area contributed by atoms with E-state index in [2.05, 4.69) is 22.9 Å². The SMILES string of the molecule is C=C=C(CC(=O)OCC)NC(=O)CCCC(=O)Nc1ccc(C(=N)N)cc1CC. The van der Waals surface area contributed by atoms with Crippen LogP contribution in [0.15, 0.2) is 36.2 Å². The molecule has 0 saturated heterocycles. The van der Waals surface area contributed by atoms with Crippen molar-refractivity contribution in [3.63, 3.8) is 0 Å². The molecule has 0 aliphatic rings. The van der Waals surface area contributed by atoms with Gasteiger partial charge in [-0.25, -0.2) is 0 Å². The Morgan fingerprint density at radius 1 is 1.21 bits per heavy atom. The second-order valence-electron chi connectivity index (χ2n) is 6.23. The van der Waals surface area contributed by atoms with Crippen LogP contribution in [-0.4, -0.2) is 30.2 Å². The monoisotopic (exact) mass is 400 g/mol. The van der Waals surface area contributed by atoms with E-state index in [1.54, 1.807) is 25.1 Å². The minimum Gasteiger partial charge on any atom is -0.466 e. The van der Waals surface area contributed by atoms with Crippen LogP contribution in [0, 0.1) is 5.41 Å². The summed E-state index contributed by atoms with van der Waals surface area (Å²) in [6, 6.07) is 5.17. The molecule has 0 heterocycles. The molecule has 0 fully saturated rings. The second-order valence-corrected chi connectivity index (χ2v) is 6.23. The number of esters is 1. The summed E-state index contributed by atoms with van der Waals surface area (Å²) in [4.78, 5) is 35.6. The first-order valence-electron chi connectivity index (χ1n) is 9.42. The molecule has 8 heteroatoms. The Bertz CT molecular complexity index is 826. The lowest BCUT2D eigenvalue weighted by molar-refractivity contribution is -0.142. The van der Waals surface area contributed by atoms with Crippen LogP contribution in [0.3, 0.4) is 0 Å². The molecule has 0 unspecified atom stereocenters. The fourth-order valence-electron chi connectivity index (χ4n) is 2.54. The van der Waals surface area contributed by atoms with Crippen LogP contribution in [0.2, 0.25) is 0 Å². The first kappa shape index (κ1) is 23.7. The Balaban J connectivity index is 2.49. The highest BCUT2D eigenvalue weighted by atomic mass is 16.5. The van der Waals surface area contributed by atoms with E-state index >= 15 is 0 Å². The van der Waals surface area contributed by atoms with Crippen molar-refractivity contribution in [2.24, 2.45) is 5.73 Å².